The zero-order chi connectivity index (χ0) is 26.3. The summed E-state index contributed by atoms with van der Waals surface area (Å²) in [6.07, 6.45) is 7.92. The summed E-state index contributed by atoms with van der Waals surface area (Å²) in [6, 6.07) is 14.3. The smallest absolute Gasteiger partial charge is 0.133 e. The maximum absolute atomic E-state index is 9.92. The Hall–Kier alpha value is -4.13. The molecule has 0 bridgehead atoms. The van der Waals surface area contributed by atoms with Crippen molar-refractivity contribution in [1.82, 2.24) is 29.6 Å². The molecule has 4 aromatic rings. The standard InChI is InChI=1S/C29H32N8O/c1-3-37-21-25(29(34-37)23-5-4-9-31-20-23)26-8-10-32-28(33-26)18-22-6-7-27(24(17-22)19-30)36-13-11-35(12-14-36)15-16-38-2/h4-10,17,20-21H,3,11-16,18H2,1-2H3. The first-order chi connectivity index (χ1) is 18.7. The second-order valence-corrected chi connectivity index (χ2v) is 9.31. The molecule has 1 aromatic carbocycles. The van der Waals surface area contributed by atoms with E-state index in [1.165, 1.54) is 0 Å². The summed E-state index contributed by atoms with van der Waals surface area (Å²) >= 11 is 0. The molecule has 1 fully saturated rings. The Morgan fingerprint density at radius 3 is 2.68 bits per heavy atom. The van der Waals surface area contributed by atoms with E-state index in [4.69, 9.17) is 14.8 Å². The van der Waals surface area contributed by atoms with Crippen LogP contribution in [0.2, 0.25) is 0 Å². The van der Waals surface area contributed by atoms with Gasteiger partial charge in [0.05, 0.1) is 23.6 Å². The Kier molecular flexibility index (Phi) is 8.02. The number of nitrogens with zero attached hydrogens (tertiary/aromatic N) is 8. The van der Waals surface area contributed by atoms with Crippen molar-refractivity contribution < 1.29 is 4.74 Å². The van der Waals surface area contributed by atoms with Gasteiger partial charge in [0.15, 0.2) is 0 Å². The first-order valence-corrected chi connectivity index (χ1v) is 13.0. The highest BCUT2D eigenvalue weighted by molar-refractivity contribution is 5.78. The fourth-order valence-corrected chi connectivity index (χ4v) is 4.79. The number of aryl methyl sites for hydroxylation is 1. The van der Waals surface area contributed by atoms with Crippen molar-refractivity contribution in [3.8, 4) is 28.6 Å². The molecule has 0 amide bonds. The molecular formula is C29H32N8O. The van der Waals surface area contributed by atoms with E-state index in [0.717, 1.165) is 79.6 Å². The van der Waals surface area contributed by atoms with Gasteiger partial charge in [-0.15, -0.1) is 0 Å². The van der Waals surface area contributed by atoms with Crippen molar-refractivity contribution in [2.45, 2.75) is 19.9 Å². The predicted molar refractivity (Wildman–Crippen MR) is 147 cm³/mol. The van der Waals surface area contributed by atoms with Gasteiger partial charge in [0.2, 0.25) is 0 Å². The molecule has 3 aromatic heterocycles. The van der Waals surface area contributed by atoms with Crippen molar-refractivity contribution in [1.29, 1.82) is 5.26 Å². The summed E-state index contributed by atoms with van der Waals surface area (Å²) in [5.74, 6) is 0.701. The molecule has 0 spiro atoms. The number of ether oxygens (including phenoxy) is 1. The van der Waals surface area contributed by atoms with E-state index in [1.54, 1.807) is 19.5 Å². The Balaban J connectivity index is 1.35. The molecule has 4 heterocycles. The van der Waals surface area contributed by atoms with E-state index in [0.29, 0.717) is 17.8 Å². The highest BCUT2D eigenvalue weighted by atomic mass is 16.5. The predicted octanol–water partition coefficient (Wildman–Crippen LogP) is 3.65. The number of hydrogen-bond donors (Lipinski definition) is 0. The summed E-state index contributed by atoms with van der Waals surface area (Å²) in [4.78, 5) is 18.4. The number of pyridine rings is 1. The molecule has 0 atom stereocenters. The average molecular weight is 509 g/mol. The van der Waals surface area contributed by atoms with Gasteiger partial charge in [-0.2, -0.15) is 10.4 Å². The number of rotatable bonds is 9. The van der Waals surface area contributed by atoms with Crippen LogP contribution in [-0.2, 0) is 17.7 Å². The molecule has 9 nitrogen and oxygen atoms in total. The largest absolute Gasteiger partial charge is 0.383 e. The molecule has 0 aliphatic carbocycles. The molecule has 1 aliphatic rings. The topological polar surface area (TPSA) is 96.0 Å². The van der Waals surface area contributed by atoms with Crippen molar-refractivity contribution in [3.63, 3.8) is 0 Å². The van der Waals surface area contributed by atoms with Crippen molar-refractivity contribution in [3.05, 3.63) is 78.1 Å². The molecule has 0 radical (unpaired) electrons. The molecule has 1 saturated heterocycles. The van der Waals surface area contributed by atoms with Gasteiger partial charge in [0.1, 0.15) is 17.6 Å². The van der Waals surface area contributed by atoms with Crippen LogP contribution in [0.1, 0.15) is 23.9 Å². The third-order valence-corrected chi connectivity index (χ3v) is 6.87. The summed E-state index contributed by atoms with van der Waals surface area (Å²) < 4.78 is 7.12. The van der Waals surface area contributed by atoms with Gasteiger partial charge in [0.25, 0.3) is 0 Å². The molecule has 38 heavy (non-hydrogen) atoms. The second kappa shape index (κ2) is 11.9. The summed E-state index contributed by atoms with van der Waals surface area (Å²) in [5, 5.41) is 14.7. The molecule has 5 rings (SSSR count). The van der Waals surface area contributed by atoms with E-state index in [-0.39, 0.29) is 0 Å². The normalized spacial score (nSPS) is 14.0. The summed E-state index contributed by atoms with van der Waals surface area (Å²) in [7, 11) is 1.73. The van der Waals surface area contributed by atoms with E-state index >= 15 is 0 Å². The van der Waals surface area contributed by atoms with Gasteiger partial charge in [-0.25, -0.2) is 9.97 Å². The number of nitriles is 1. The first-order valence-electron chi connectivity index (χ1n) is 13.0. The Morgan fingerprint density at radius 2 is 1.95 bits per heavy atom. The third-order valence-electron chi connectivity index (χ3n) is 6.87. The molecule has 0 unspecified atom stereocenters. The monoisotopic (exact) mass is 508 g/mol. The summed E-state index contributed by atoms with van der Waals surface area (Å²) in [5.41, 5.74) is 6.25. The fraction of sp³-hybridized carbons (Fsp3) is 0.345. The molecule has 1 aliphatic heterocycles. The lowest BCUT2D eigenvalue weighted by Crippen LogP contribution is -2.47. The lowest BCUT2D eigenvalue weighted by Gasteiger charge is -2.36. The zero-order valence-electron chi connectivity index (χ0n) is 21.9. The number of methoxy groups -OCH3 is 1. The molecular weight excluding hydrogens is 476 g/mol. The zero-order valence-corrected chi connectivity index (χ0v) is 21.9. The van der Waals surface area contributed by atoms with Crippen molar-refractivity contribution in [2.75, 3.05) is 51.3 Å². The maximum atomic E-state index is 9.92. The molecule has 194 valence electrons. The number of anilines is 1. The van der Waals surface area contributed by atoms with Crippen LogP contribution in [0.5, 0.6) is 0 Å². The van der Waals surface area contributed by atoms with Crippen LogP contribution in [0.3, 0.4) is 0 Å². The maximum Gasteiger partial charge on any atom is 0.133 e. The van der Waals surface area contributed by atoms with Gasteiger partial charge >= 0.3 is 0 Å². The number of benzene rings is 1. The Bertz CT molecular complexity index is 1400. The van der Waals surface area contributed by atoms with Crippen LogP contribution in [0.25, 0.3) is 22.5 Å². The second-order valence-electron chi connectivity index (χ2n) is 9.31. The van der Waals surface area contributed by atoms with Crippen LogP contribution in [0, 0.1) is 11.3 Å². The van der Waals surface area contributed by atoms with Crippen LogP contribution < -0.4 is 4.90 Å². The van der Waals surface area contributed by atoms with Gasteiger partial charge in [-0.05, 0) is 42.8 Å². The first kappa shape index (κ1) is 25.5. The highest BCUT2D eigenvalue weighted by Gasteiger charge is 2.20. The average Bonchev–Trinajstić information content (AvgIpc) is 3.42. The van der Waals surface area contributed by atoms with Crippen LogP contribution in [0.15, 0.2) is 61.2 Å². The van der Waals surface area contributed by atoms with Crippen molar-refractivity contribution >= 4 is 5.69 Å². The number of piperazine rings is 1. The lowest BCUT2D eigenvalue weighted by atomic mass is 10.0. The van der Waals surface area contributed by atoms with E-state index < -0.39 is 0 Å². The minimum Gasteiger partial charge on any atom is -0.383 e. The van der Waals surface area contributed by atoms with Crippen LogP contribution in [0.4, 0.5) is 5.69 Å². The van der Waals surface area contributed by atoms with Gasteiger partial charge in [-0.3, -0.25) is 14.6 Å². The van der Waals surface area contributed by atoms with Gasteiger partial charge < -0.3 is 9.64 Å². The SMILES string of the molecule is CCn1cc(-c2ccnc(Cc3ccc(N4CCN(CCOC)CC4)c(C#N)c3)n2)c(-c2cccnc2)n1. The summed E-state index contributed by atoms with van der Waals surface area (Å²) in [6.45, 7) is 8.23. The minimum absolute atomic E-state index is 0.539. The van der Waals surface area contributed by atoms with Crippen LogP contribution in [-0.4, -0.2) is 76.1 Å². The van der Waals surface area contributed by atoms with Gasteiger partial charge in [0, 0.05) is 88.7 Å². The fourth-order valence-electron chi connectivity index (χ4n) is 4.79. The van der Waals surface area contributed by atoms with Crippen LogP contribution >= 0.6 is 0 Å². The molecule has 0 N–H and O–H groups in total. The van der Waals surface area contributed by atoms with E-state index in [1.807, 2.05) is 41.3 Å². The molecule has 0 saturated carbocycles. The highest BCUT2D eigenvalue weighted by Crippen LogP contribution is 2.30. The van der Waals surface area contributed by atoms with E-state index in [9.17, 15) is 5.26 Å². The lowest BCUT2D eigenvalue weighted by molar-refractivity contribution is 0.144. The Morgan fingerprint density at radius 1 is 1.08 bits per heavy atom. The number of aromatic nitrogens is 5. The minimum atomic E-state index is 0.539. The van der Waals surface area contributed by atoms with Crippen molar-refractivity contribution in [2.24, 2.45) is 0 Å². The number of hydrogen-bond acceptors (Lipinski definition) is 8. The quantitative estimate of drug-likeness (QED) is 0.338. The molecule has 9 heteroatoms. The van der Waals surface area contributed by atoms with E-state index in [2.05, 4.69) is 44.9 Å². The van der Waals surface area contributed by atoms with Gasteiger partial charge in [-0.1, -0.05) is 6.07 Å². The third kappa shape index (κ3) is 5.72. The Labute approximate surface area is 223 Å².